The third kappa shape index (κ3) is 6.11. The Morgan fingerprint density at radius 3 is 2.52 bits per heavy atom. The van der Waals surface area contributed by atoms with E-state index in [1.165, 1.54) is 11.8 Å². The van der Waals surface area contributed by atoms with Crippen molar-refractivity contribution < 1.29 is 19.4 Å². The van der Waals surface area contributed by atoms with Crippen molar-refractivity contribution in [1.82, 2.24) is 20.1 Å². The normalized spacial score (nSPS) is 11.7. The number of aromatic nitrogens is 3. The molecule has 1 atom stereocenters. The summed E-state index contributed by atoms with van der Waals surface area (Å²) in [5, 5.41) is 24.2. The Bertz CT molecular complexity index is 1130. The number of hydrogen-bond donors (Lipinski definition) is 3. The van der Waals surface area contributed by atoms with Gasteiger partial charge in [-0.05, 0) is 49.7 Å². The second-order valence-corrected chi connectivity index (χ2v) is 8.43. The Balaban J connectivity index is 1.61. The Labute approximate surface area is 196 Å². The molecule has 0 saturated carbocycles. The molecule has 9 nitrogen and oxygen atoms in total. The fraction of sp³-hybridized carbons (Fsp3) is 0.304. The van der Waals surface area contributed by atoms with Crippen LogP contribution in [0.25, 0.3) is 0 Å². The summed E-state index contributed by atoms with van der Waals surface area (Å²) < 4.78 is 6.76. The smallest absolute Gasteiger partial charge is 0.251 e. The number of carbonyl (C=O) groups excluding carboxylic acids is 2. The van der Waals surface area contributed by atoms with E-state index >= 15 is 0 Å². The third-order valence-electron chi connectivity index (χ3n) is 5.01. The third-order valence-corrected chi connectivity index (χ3v) is 6.03. The molecule has 0 spiro atoms. The lowest BCUT2D eigenvalue weighted by Gasteiger charge is -2.16. The maximum Gasteiger partial charge on any atom is 0.251 e. The van der Waals surface area contributed by atoms with E-state index < -0.39 is 6.04 Å². The predicted molar refractivity (Wildman–Crippen MR) is 127 cm³/mol. The van der Waals surface area contributed by atoms with Gasteiger partial charge in [0.2, 0.25) is 5.91 Å². The molecule has 33 heavy (non-hydrogen) atoms. The fourth-order valence-electron chi connectivity index (χ4n) is 3.20. The molecular weight excluding hydrogens is 442 g/mol. The lowest BCUT2D eigenvalue weighted by molar-refractivity contribution is -0.113. The molecular formula is C23H27N5O4S. The van der Waals surface area contributed by atoms with Crippen LogP contribution in [0.5, 0.6) is 5.75 Å². The van der Waals surface area contributed by atoms with Gasteiger partial charge in [-0.2, -0.15) is 0 Å². The molecule has 0 radical (unpaired) electrons. The van der Waals surface area contributed by atoms with Crippen LogP contribution in [0, 0.1) is 13.8 Å². The van der Waals surface area contributed by atoms with E-state index in [2.05, 4.69) is 20.8 Å². The van der Waals surface area contributed by atoms with Gasteiger partial charge in [0.1, 0.15) is 11.8 Å². The van der Waals surface area contributed by atoms with Crippen molar-refractivity contribution in [3.05, 3.63) is 65.0 Å². The first kappa shape index (κ1) is 24.3. The number of carbonyl (C=O) groups is 2. The quantitative estimate of drug-likeness (QED) is 0.412. The van der Waals surface area contributed by atoms with E-state index in [0.29, 0.717) is 22.3 Å². The Morgan fingerprint density at radius 1 is 1.15 bits per heavy atom. The number of aliphatic hydroxyl groups excluding tert-OH is 1. The summed E-state index contributed by atoms with van der Waals surface area (Å²) in [4.78, 5) is 24.9. The molecule has 0 bridgehead atoms. The van der Waals surface area contributed by atoms with Gasteiger partial charge in [0.15, 0.2) is 11.0 Å². The zero-order chi connectivity index (χ0) is 24.0. The number of thioether (sulfide) groups is 1. The molecule has 1 heterocycles. The van der Waals surface area contributed by atoms with E-state index in [0.717, 1.165) is 16.8 Å². The van der Waals surface area contributed by atoms with E-state index in [-0.39, 0.29) is 24.2 Å². The molecule has 3 rings (SSSR count). The lowest BCUT2D eigenvalue weighted by Crippen LogP contribution is -2.32. The molecule has 0 fully saturated rings. The van der Waals surface area contributed by atoms with Gasteiger partial charge in [-0.3, -0.25) is 9.59 Å². The number of benzene rings is 2. The number of amides is 2. The highest BCUT2D eigenvalue weighted by atomic mass is 32.2. The summed E-state index contributed by atoms with van der Waals surface area (Å²) in [5.41, 5.74) is 3.32. The van der Waals surface area contributed by atoms with Crippen molar-refractivity contribution >= 4 is 29.3 Å². The van der Waals surface area contributed by atoms with Crippen LogP contribution in [0.2, 0.25) is 0 Å². The number of hydrogen-bond acceptors (Lipinski definition) is 7. The van der Waals surface area contributed by atoms with Crippen LogP contribution >= 0.6 is 11.8 Å². The maximum atomic E-state index is 12.6. The van der Waals surface area contributed by atoms with Gasteiger partial charge in [-0.15, -0.1) is 10.2 Å². The Hall–Kier alpha value is -3.37. The van der Waals surface area contributed by atoms with Crippen LogP contribution in [0.4, 0.5) is 5.69 Å². The standard InChI is InChI=1S/C23H27N5O4S/c1-14-5-10-18(15(2)11-14)24-20(30)13-33-23-27-26-21(28(23)3)19(12-29)25-22(31)16-6-8-17(32-4)9-7-16/h5-11,19,29H,12-13H2,1-4H3,(H,24,30)(H,25,31)/t19-/m1/s1. The average Bonchev–Trinajstić information content (AvgIpc) is 3.18. The van der Waals surface area contributed by atoms with Crippen LogP contribution in [0.15, 0.2) is 47.6 Å². The summed E-state index contributed by atoms with van der Waals surface area (Å²) in [7, 11) is 3.27. The van der Waals surface area contributed by atoms with Gasteiger partial charge in [-0.25, -0.2) is 0 Å². The second-order valence-electron chi connectivity index (χ2n) is 7.49. The molecule has 3 N–H and O–H groups in total. The summed E-state index contributed by atoms with van der Waals surface area (Å²) in [5.74, 6) is 0.643. The van der Waals surface area contributed by atoms with Crippen LogP contribution in [-0.2, 0) is 11.8 Å². The predicted octanol–water partition coefficient (Wildman–Crippen LogP) is 2.63. The van der Waals surface area contributed by atoms with Gasteiger partial charge in [0.05, 0.1) is 19.5 Å². The molecule has 1 aromatic heterocycles. The Morgan fingerprint density at radius 2 is 1.88 bits per heavy atom. The van der Waals surface area contributed by atoms with Crippen molar-refractivity contribution in [2.75, 3.05) is 24.8 Å². The van der Waals surface area contributed by atoms with Gasteiger partial charge in [-0.1, -0.05) is 29.5 Å². The van der Waals surface area contributed by atoms with Crippen molar-refractivity contribution in [1.29, 1.82) is 0 Å². The van der Waals surface area contributed by atoms with Crippen LogP contribution < -0.4 is 15.4 Å². The van der Waals surface area contributed by atoms with Gasteiger partial charge in [0.25, 0.3) is 5.91 Å². The van der Waals surface area contributed by atoms with Gasteiger partial charge >= 0.3 is 0 Å². The van der Waals surface area contributed by atoms with E-state index in [9.17, 15) is 14.7 Å². The zero-order valence-corrected chi connectivity index (χ0v) is 19.8. The summed E-state index contributed by atoms with van der Waals surface area (Å²) in [6, 6.07) is 11.7. The number of ether oxygens (including phenoxy) is 1. The fourth-order valence-corrected chi connectivity index (χ4v) is 3.92. The molecule has 2 amide bonds. The molecule has 0 unspecified atom stereocenters. The monoisotopic (exact) mass is 469 g/mol. The molecule has 3 aromatic rings. The van der Waals surface area contributed by atoms with E-state index in [1.54, 1.807) is 43.0 Å². The summed E-state index contributed by atoms with van der Waals surface area (Å²) >= 11 is 1.22. The zero-order valence-electron chi connectivity index (χ0n) is 19.0. The van der Waals surface area contributed by atoms with E-state index in [1.807, 2.05) is 32.0 Å². The maximum absolute atomic E-state index is 12.6. The number of nitrogens with zero attached hydrogens (tertiary/aromatic N) is 3. The highest BCUT2D eigenvalue weighted by molar-refractivity contribution is 7.99. The molecule has 2 aromatic carbocycles. The minimum atomic E-state index is -0.754. The number of rotatable bonds is 9. The summed E-state index contributed by atoms with van der Waals surface area (Å²) in [6.07, 6.45) is 0. The molecule has 0 saturated heterocycles. The lowest BCUT2D eigenvalue weighted by atomic mass is 10.1. The number of aliphatic hydroxyl groups is 1. The molecule has 0 aliphatic heterocycles. The van der Waals surface area contributed by atoms with Crippen LogP contribution in [-0.4, -0.2) is 51.2 Å². The summed E-state index contributed by atoms with van der Waals surface area (Å²) in [6.45, 7) is 3.59. The minimum absolute atomic E-state index is 0.140. The first-order valence-electron chi connectivity index (χ1n) is 10.3. The van der Waals surface area contributed by atoms with Gasteiger partial charge in [0, 0.05) is 18.3 Å². The Kier molecular flexibility index (Phi) is 8.07. The van der Waals surface area contributed by atoms with Crippen molar-refractivity contribution in [2.24, 2.45) is 7.05 Å². The number of nitrogens with one attached hydrogen (secondary N) is 2. The number of anilines is 1. The first-order chi connectivity index (χ1) is 15.8. The molecule has 0 aliphatic carbocycles. The number of methoxy groups -OCH3 is 1. The van der Waals surface area contributed by atoms with Crippen molar-refractivity contribution in [2.45, 2.75) is 25.0 Å². The minimum Gasteiger partial charge on any atom is -0.497 e. The van der Waals surface area contributed by atoms with Crippen molar-refractivity contribution in [3.63, 3.8) is 0 Å². The first-order valence-corrected chi connectivity index (χ1v) is 11.3. The molecule has 0 aliphatic rings. The topological polar surface area (TPSA) is 118 Å². The van der Waals surface area contributed by atoms with Crippen LogP contribution in [0.1, 0.15) is 33.4 Å². The van der Waals surface area contributed by atoms with Gasteiger partial charge < -0.3 is 25.0 Å². The average molecular weight is 470 g/mol. The SMILES string of the molecule is COc1ccc(C(=O)N[C@H](CO)c2nnc(SCC(=O)Nc3ccc(C)cc3C)n2C)cc1. The second kappa shape index (κ2) is 11.0. The van der Waals surface area contributed by atoms with E-state index in [4.69, 9.17) is 4.74 Å². The largest absolute Gasteiger partial charge is 0.497 e. The highest BCUT2D eigenvalue weighted by Crippen LogP contribution is 2.21. The van der Waals surface area contributed by atoms with Crippen LogP contribution in [0.3, 0.4) is 0 Å². The highest BCUT2D eigenvalue weighted by Gasteiger charge is 2.22. The molecule has 174 valence electrons. The molecule has 10 heteroatoms. The van der Waals surface area contributed by atoms with Crippen molar-refractivity contribution in [3.8, 4) is 5.75 Å². The number of aryl methyl sites for hydroxylation is 2.